The van der Waals surface area contributed by atoms with E-state index in [1.807, 2.05) is 6.92 Å². The summed E-state index contributed by atoms with van der Waals surface area (Å²) in [6.45, 7) is 2.52. The number of benzene rings is 1. The van der Waals surface area contributed by atoms with Gasteiger partial charge in [0.25, 0.3) is 0 Å². The van der Waals surface area contributed by atoms with Crippen molar-refractivity contribution < 1.29 is 19.0 Å². The van der Waals surface area contributed by atoms with Crippen LogP contribution in [-0.4, -0.2) is 19.7 Å². The molecular weight excluding hydrogens is 232 g/mol. The molecule has 5 heteroatoms. The Balaban J connectivity index is 2.59. The second-order valence-corrected chi connectivity index (χ2v) is 3.64. The quantitative estimate of drug-likeness (QED) is 0.764. The predicted molar refractivity (Wildman–Crippen MR) is 58.3 cm³/mol. The largest absolute Gasteiger partial charge is 0.493 e. The molecule has 0 unspecified atom stereocenters. The lowest BCUT2D eigenvalue weighted by atomic mass is 10.1. The fraction of sp³-hybridized carbons (Fsp3) is 0.364. The summed E-state index contributed by atoms with van der Waals surface area (Å²) in [6.07, 6.45) is 0. The van der Waals surface area contributed by atoms with E-state index in [0.29, 0.717) is 34.3 Å². The van der Waals surface area contributed by atoms with Crippen LogP contribution >= 0.6 is 11.6 Å². The summed E-state index contributed by atoms with van der Waals surface area (Å²) in [4.78, 5) is 11.4. The van der Waals surface area contributed by atoms with E-state index in [9.17, 15) is 4.79 Å². The number of cyclic esters (lactones) is 1. The Hall–Kier alpha value is -1.42. The predicted octanol–water partition coefficient (Wildman–Crippen LogP) is 2.42. The zero-order valence-electron chi connectivity index (χ0n) is 9.00. The Labute approximate surface area is 98.1 Å². The van der Waals surface area contributed by atoms with Gasteiger partial charge in [-0.2, -0.15) is 0 Å². The van der Waals surface area contributed by atoms with Crippen LogP contribution in [0.4, 0.5) is 0 Å². The van der Waals surface area contributed by atoms with Gasteiger partial charge in [-0.05, 0) is 13.0 Å². The molecule has 0 bridgehead atoms. The number of carbonyl (C=O) groups excluding carboxylic acids is 1. The Morgan fingerprint density at radius 1 is 1.56 bits per heavy atom. The van der Waals surface area contributed by atoms with Crippen molar-refractivity contribution in [3.63, 3.8) is 0 Å². The first-order chi connectivity index (χ1) is 7.69. The highest BCUT2D eigenvalue weighted by molar-refractivity contribution is 6.33. The first-order valence-electron chi connectivity index (χ1n) is 4.88. The highest BCUT2D eigenvalue weighted by Gasteiger charge is 2.28. The van der Waals surface area contributed by atoms with Crippen LogP contribution < -0.4 is 9.47 Å². The van der Waals surface area contributed by atoms with Gasteiger partial charge in [-0.15, -0.1) is 0 Å². The molecule has 0 atom stereocenters. The zero-order valence-corrected chi connectivity index (χ0v) is 9.76. The molecular formula is C11H11ClO4. The molecule has 0 saturated carbocycles. The highest BCUT2D eigenvalue weighted by atomic mass is 35.5. The Morgan fingerprint density at radius 3 is 2.94 bits per heavy atom. The summed E-state index contributed by atoms with van der Waals surface area (Å²) in [5, 5.41) is 0.391. The van der Waals surface area contributed by atoms with Crippen molar-refractivity contribution in [1.29, 1.82) is 0 Å². The first kappa shape index (κ1) is 11.1. The molecule has 0 aliphatic carbocycles. The van der Waals surface area contributed by atoms with E-state index in [1.165, 1.54) is 7.11 Å². The molecule has 1 aliphatic rings. The van der Waals surface area contributed by atoms with Crippen LogP contribution in [0.15, 0.2) is 6.07 Å². The maximum Gasteiger partial charge on any atom is 0.339 e. The number of esters is 1. The molecule has 0 spiro atoms. The van der Waals surface area contributed by atoms with E-state index < -0.39 is 0 Å². The van der Waals surface area contributed by atoms with Crippen LogP contribution in [0.2, 0.25) is 5.02 Å². The summed E-state index contributed by atoms with van der Waals surface area (Å²) in [5.41, 5.74) is 1.11. The van der Waals surface area contributed by atoms with E-state index in [4.69, 9.17) is 25.8 Å². The van der Waals surface area contributed by atoms with E-state index in [1.54, 1.807) is 6.07 Å². The van der Waals surface area contributed by atoms with E-state index in [2.05, 4.69) is 0 Å². The summed E-state index contributed by atoms with van der Waals surface area (Å²) in [7, 11) is 1.50. The average Bonchev–Trinajstić information content (AvgIpc) is 2.64. The lowest BCUT2D eigenvalue weighted by molar-refractivity contribution is 0.0535. The molecule has 0 N–H and O–H groups in total. The number of carbonyl (C=O) groups is 1. The van der Waals surface area contributed by atoms with Gasteiger partial charge < -0.3 is 14.2 Å². The van der Waals surface area contributed by atoms with Gasteiger partial charge in [0, 0.05) is 5.56 Å². The molecule has 1 aromatic carbocycles. The summed E-state index contributed by atoms with van der Waals surface area (Å²) in [6, 6.07) is 1.60. The van der Waals surface area contributed by atoms with Crippen molar-refractivity contribution in [2.75, 3.05) is 13.7 Å². The third kappa shape index (κ3) is 1.59. The number of hydrogen-bond donors (Lipinski definition) is 0. The van der Waals surface area contributed by atoms with Gasteiger partial charge in [-0.1, -0.05) is 11.6 Å². The van der Waals surface area contributed by atoms with Crippen molar-refractivity contribution in [1.82, 2.24) is 0 Å². The molecule has 2 rings (SSSR count). The van der Waals surface area contributed by atoms with Crippen LogP contribution in [0.3, 0.4) is 0 Å². The molecule has 0 radical (unpaired) electrons. The number of rotatable bonds is 3. The maximum absolute atomic E-state index is 11.4. The Morgan fingerprint density at radius 2 is 2.31 bits per heavy atom. The van der Waals surface area contributed by atoms with E-state index in [0.717, 1.165) is 0 Å². The topological polar surface area (TPSA) is 44.8 Å². The minimum absolute atomic E-state index is 0.192. The molecule has 1 heterocycles. The number of methoxy groups -OCH3 is 1. The van der Waals surface area contributed by atoms with Crippen LogP contribution in [-0.2, 0) is 11.3 Å². The summed E-state index contributed by atoms with van der Waals surface area (Å²) in [5.74, 6) is 0.534. The van der Waals surface area contributed by atoms with Crippen LogP contribution in [0.1, 0.15) is 22.8 Å². The van der Waals surface area contributed by atoms with Gasteiger partial charge in [0.15, 0.2) is 11.5 Å². The third-order valence-corrected chi connectivity index (χ3v) is 2.76. The monoisotopic (exact) mass is 242 g/mol. The SMILES string of the molecule is CCOc1c(OC)cc2c(c1Cl)COC2=O. The normalized spacial score (nSPS) is 13.3. The van der Waals surface area contributed by atoms with Crippen molar-refractivity contribution in [2.24, 2.45) is 0 Å². The Kier molecular flexibility index (Phi) is 2.92. The van der Waals surface area contributed by atoms with Crippen LogP contribution in [0, 0.1) is 0 Å². The van der Waals surface area contributed by atoms with Gasteiger partial charge >= 0.3 is 5.97 Å². The molecule has 0 aromatic heterocycles. The summed E-state index contributed by atoms with van der Waals surface area (Å²) < 4.78 is 15.4. The Bertz CT molecular complexity index is 442. The minimum Gasteiger partial charge on any atom is -0.493 e. The molecule has 0 saturated heterocycles. The lowest BCUT2D eigenvalue weighted by Gasteiger charge is -2.12. The van der Waals surface area contributed by atoms with Crippen LogP contribution in [0.25, 0.3) is 0 Å². The van der Waals surface area contributed by atoms with Gasteiger partial charge in [0.05, 0.1) is 24.3 Å². The molecule has 4 nitrogen and oxygen atoms in total. The van der Waals surface area contributed by atoms with Gasteiger partial charge in [-0.25, -0.2) is 4.79 Å². The average molecular weight is 243 g/mol. The van der Waals surface area contributed by atoms with Crippen molar-refractivity contribution in [3.05, 3.63) is 22.2 Å². The van der Waals surface area contributed by atoms with E-state index in [-0.39, 0.29) is 12.6 Å². The van der Waals surface area contributed by atoms with Gasteiger partial charge in [0.1, 0.15) is 6.61 Å². The maximum atomic E-state index is 11.4. The van der Waals surface area contributed by atoms with E-state index >= 15 is 0 Å². The number of halogens is 1. The lowest BCUT2D eigenvalue weighted by Crippen LogP contribution is -2.00. The number of fused-ring (bicyclic) bond motifs is 1. The second kappa shape index (κ2) is 4.22. The molecule has 0 amide bonds. The zero-order chi connectivity index (χ0) is 11.7. The number of ether oxygens (including phenoxy) is 3. The minimum atomic E-state index is -0.377. The first-order valence-corrected chi connectivity index (χ1v) is 5.26. The highest BCUT2D eigenvalue weighted by Crippen LogP contribution is 2.42. The van der Waals surface area contributed by atoms with Crippen molar-refractivity contribution >= 4 is 17.6 Å². The standard InChI is InChI=1S/C11H11ClO4/c1-3-15-10-8(14-2)4-6-7(9(10)12)5-16-11(6)13/h4H,3,5H2,1-2H3. The van der Waals surface area contributed by atoms with Crippen molar-refractivity contribution in [2.45, 2.75) is 13.5 Å². The molecule has 1 aliphatic heterocycles. The molecule has 1 aromatic rings. The fourth-order valence-electron chi connectivity index (χ4n) is 1.62. The molecule has 86 valence electrons. The molecule has 16 heavy (non-hydrogen) atoms. The molecule has 0 fully saturated rings. The smallest absolute Gasteiger partial charge is 0.339 e. The van der Waals surface area contributed by atoms with Gasteiger partial charge in [-0.3, -0.25) is 0 Å². The second-order valence-electron chi connectivity index (χ2n) is 3.26. The fourth-order valence-corrected chi connectivity index (χ4v) is 1.92. The van der Waals surface area contributed by atoms with Gasteiger partial charge in [0.2, 0.25) is 0 Å². The number of hydrogen-bond acceptors (Lipinski definition) is 4. The van der Waals surface area contributed by atoms with Crippen LogP contribution in [0.5, 0.6) is 11.5 Å². The third-order valence-electron chi connectivity index (χ3n) is 2.36. The summed E-state index contributed by atoms with van der Waals surface area (Å²) >= 11 is 6.14. The van der Waals surface area contributed by atoms with Crippen molar-refractivity contribution in [3.8, 4) is 11.5 Å².